The van der Waals surface area contributed by atoms with Crippen LogP contribution in [-0.4, -0.2) is 12.7 Å². The quantitative estimate of drug-likeness (QED) is 0.658. The largest absolute Gasteiger partial charge is 0.416 e. The van der Waals surface area contributed by atoms with Gasteiger partial charge in [-0.2, -0.15) is 13.2 Å². The Morgan fingerprint density at radius 1 is 1.32 bits per heavy atom. The van der Waals surface area contributed by atoms with E-state index in [1.807, 2.05) is 6.92 Å². The molecule has 0 aromatic heterocycles. The lowest BCUT2D eigenvalue weighted by Gasteiger charge is -2.22. The van der Waals surface area contributed by atoms with Gasteiger partial charge in [0.05, 0.1) is 24.3 Å². The molecule has 0 spiro atoms. The van der Waals surface area contributed by atoms with Gasteiger partial charge in [0, 0.05) is 5.92 Å². The highest BCUT2D eigenvalue weighted by atomic mass is 19.4. The molecule has 1 saturated heterocycles. The van der Waals surface area contributed by atoms with Gasteiger partial charge in [-0.3, -0.25) is 11.3 Å². The molecule has 0 amide bonds. The zero-order chi connectivity index (χ0) is 14.0. The Hall–Kier alpha value is -1.11. The monoisotopic (exact) mass is 274 g/mol. The second-order valence-electron chi connectivity index (χ2n) is 4.90. The minimum Gasteiger partial charge on any atom is -0.378 e. The van der Waals surface area contributed by atoms with Crippen molar-refractivity contribution in [1.29, 1.82) is 0 Å². The summed E-state index contributed by atoms with van der Waals surface area (Å²) in [5.74, 6) is 5.70. The molecule has 0 saturated carbocycles. The van der Waals surface area contributed by atoms with E-state index in [0.717, 1.165) is 24.1 Å². The Morgan fingerprint density at radius 3 is 2.37 bits per heavy atom. The number of nitrogens with one attached hydrogen (secondary N) is 1. The number of nitrogens with two attached hydrogens (primary N) is 1. The van der Waals surface area contributed by atoms with Crippen molar-refractivity contribution < 1.29 is 17.9 Å². The number of benzene rings is 1. The zero-order valence-electron chi connectivity index (χ0n) is 10.6. The number of hydrazine groups is 1. The van der Waals surface area contributed by atoms with Crippen molar-refractivity contribution in [2.24, 2.45) is 11.8 Å². The zero-order valence-corrected chi connectivity index (χ0v) is 10.6. The first kappa shape index (κ1) is 14.3. The maximum Gasteiger partial charge on any atom is 0.416 e. The summed E-state index contributed by atoms with van der Waals surface area (Å²) in [5.41, 5.74) is 2.78. The Balaban J connectivity index is 2.15. The summed E-state index contributed by atoms with van der Waals surface area (Å²) < 4.78 is 43.0. The van der Waals surface area contributed by atoms with Crippen LogP contribution in [0.4, 0.5) is 13.2 Å². The second-order valence-corrected chi connectivity index (χ2v) is 4.90. The molecule has 1 aliphatic rings. The first-order valence-corrected chi connectivity index (χ1v) is 6.16. The molecule has 0 bridgehead atoms. The average Bonchev–Trinajstić information content (AvgIpc) is 2.76. The lowest BCUT2D eigenvalue weighted by Crippen LogP contribution is -2.34. The number of hydrogen-bond acceptors (Lipinski definition) is 3. The van der Waals surface area contributed by atoms with Gasteiger partial charge in [0.15, 0.2) is 0 Å². The van der Waals surface area contributed by atoms with Gasteiger partial charge in [-0.15, -0.1) is 0 Å². The maximum absolute atomic E-state index is 12.5. The Kier molecular flexibility index (Phi) is 4.13. The van der Waals surface area contributed by atoms with E-state index in [1.54, 1.807) is 0 Å². The summed E-state index contributed by atoms with van der Waals surface area (Å²) in [6.45, 7) is 2.54. The highest BCUT2D eigenvalue weighted by Gasteiger charge is 2.32. The molecule has 2 rings (SSSR count). The van der Waals surface area contributed by atoms with Crippen LogP contribution >= 0.6 is 0 Å². The highest BCUT2D eigenvalue weighted by Crippen LogP contribution is 2.33. The van der Waals surface area contributed by atoms with Crippen molar-refractivity contribution in [3.05, 3.63) is 35.4 Å². The van der Waals surface area contributed by atoms with Crippen LogP contribution in [0.15, 0.2) is 24.3 Å². The number of rotatable bonds is 3. The molecule has 1 heterocycles. The molecule has 1 aromatic rings. The Labute approximate surface area is 109 Å². The second kappa shape index (κ2) is 5.48. The van der Waals surface area contributed by atoms with E-state index in [9.17, 15) is 13.2 Å². The summed E-state index contributed by atoms with van der Waals surface area (Å²) in [7, 11) is 0. The van der Waals surface area contributed by atoms with Crippen LogP contribution in [0.1, 0.15) is 30.5 Å². The number of halogens is 3. The molecule has 3 nitrogen and oxygen atoms in total. The fraction of sp³-hybridized carbons (Fsp3) is 0.538. The molecule has 6 heteroatoms. The van der Waals surface area contributed by atoms with Gasteiger partial charge in [-0.05, 0) is 31.0 Å². The topological polar surface area (TPSA) is 47.3 Å². The Bertz CT molecular complexity index is 419. The molecular formula is C13H17F3N2O. The molecule has 1 fully saturated rings. The van der Waals surface area contributed by atoms with Crippen LogP contribution in [0.3, 0.4) is 0 Å². The minimum atomic E-state index is -4.31. The summed E-state index contributed by atoms with van der Waals surface area (Å²) in [6, 6.07) is 4.91. The summed E-state index contributed by atoms with van der Waals surface area (Å²) in [4.78, 5) is 0. The van der Waals surface area contributed by atoms with E-state index >= 15 is 0 Å². The predicted molar refractivity (Wildman–Crippen MR) is 65.0 cm³/mol. The van der Waals surface area contributed by atoms with Gasteiger partial charge < -0.3 is 4.74 Å². The van der Waals surface area contributed by atoms with Gasteiger partial charge in [-0.25, -0.2) is 0 Å². The van der Waals surface area contributed by atoms with E-state index in [1.165, 1.54) is 12.1 Å². The number of hydrogen-bond donors (Lipinski definition) is 2. The third-order valence-corrected chi connectivity index (χ3v) is 3.48. The fourth-order valence-corrected chi connectivity index (χ4v) is 2.47. The van der Waals surface area contributed by atoms with Crippen molar-refractivity contribution in [1.82, 2.24) is 5.43 Å². The third-order valence-electron chi connectivity index (χ3n) is 3.48. The van der Waals surface area contributed by atoms with Gasteiger partial charge in [0.2, 0.25) is 0 Å². The van der Waals surface area contributed by atoms with E-state index in [0.29, 0.717) is 6.61 Å². The number of ether oxygens (including phenoxy) is 1. The summed E-state index contributed by atoms with van der Waals surface area (Å²) >= 11 is 0. The van der Waals surface area contributed by atoms with E-state index in [-0.39, 0.29) is 18.1 Å². The lowest BCUT2D eigenvalue weighted by molar-refractivity contribution is -0.137. The first-order chi connectivity index (χ1) is 8.91. The van der Waals surface area contributed by atoms with Crippen LogP contribution in [0, 0.1) is 5.92 Å². The van der Waals surface area contributed by atoms with Gasteiger partial charge in [0.25, 0.3) is 0 Å². The van der Waals surface area contributed by atoms with Gasteiger partial charge in [0.1, 0.15) is 0 Å². The third kappa shape index (κ3) is 3.26. The van der Waals surface area contributed by atoms with Crippen molar-refractivity contribution in [2.75, 3.05) is 6.61 Å². The van der Waals surface area contributed by atoms with Gasteiger partial charge >= 0.3 is 6.18 Å². The predicted octanol–water partition coefficient (Wildman–Crippen LogP) is 2.63. The molecule has 106 valence electrons. The van der Waals surface area contributed by atoms with Crippen molar-refractivity contribution in [3.63, 3.8) is 0 Å². The molecule has 3 atom stereocenters. The standard InChI is InChI=1S/C13H17F3N2O/c1-8-6-10(7-19-8)12(18-17)9-2-4-11(5-3-9)13(14,15)16/h2-5,8,10,12,18H,6-7,17H2,1H3. The smallest absolute Gasteiger partial charge is 0.378 e. The van der Waals surface area contributed by atoms with E-state index in [2.05, 4.69) is 5.43 Å². The van der Waals surface area contributed by atoms with Crippen LogP contribution in [0.2, 0.25) is 0 Å². The van der Waals surface area contributed by atoms with E-state index in [4.69, 9.17) is 10.6 Å². The molecule has 0 radical (unpaired) electrons. The molecule has 1 aliphatic heterocycles. The molecular weight excluding hydrogens is 257 g/mol. The Morgan fingerprint density at radius 2 is 1.95 bits per heavy atom. The lowest BCUT2D eigenvalue weighted by atomic mass is 9.91. The van der Waals surface area contributed by atoms with Crippen LogP contribution in [0.5, 0.6) is 0 Å². The molecule has 3 unspecified atom stereocenters. The summed E-state index contributed by atoms with van der Waals surface area (Å²) in [5, 5.41) is 0. The molecule has 0 aliphatic carbocycles. The number of alkyl halides is 3. The fourth-order valence-electron chi connectivity index (χ4n) is 2.47. The van der Waals surface area contributed by atoms with Crippen LogP contribution < -0.4 is 11.3 Å². The van der Waals surface area contributed by atoms with Crippen LogP contribution in [-0.2, 0) is 10.9 Å². The van der Waals surface area contributed by atoms with Gasteiger partial charge in [-0.1, -0.05) is 12.1 Å². The maximum atomic E-state index is 12.5. The molecule has 1 aromatic carbocycles. The molecule has 3 N–H and O–H groups in total. The summed E-state index contributed by atoms with van der Waals surface area (Å²) in [6.07, 6.45) is -3.30. The van der Waals surface area contributed by atoms with Crippen molar-refractivity contribution >= 4 is 0 Å². The van der Waals surface area contributed by atoms with Crippen molar-refractivity contribution in [2.45, 2.75) is 31.7 Å². The first-order valence-electron chi connectivity index (χ1n) is 6.16. The normalized spacial score (nSPS) is 25.5. The van der Waals surface area contributed by atoms with E-state index < -0.39 is 11.7 Å². The average molecular weight is 274 g/mol. The molecule has 19 heavy (non-hydrogen) atoms. The van der Waals surface area contributed by atoms with Crippen LogP contribution in [0.25, 0.3) is 0 Å². The SMILES string of the molecule is CC1CC(C(NN)c2ccc(C(F)(F)F)cc2)CO1. The highest BCUT2D eigenvalue weighted by molar-refractivity contribution is 5.27. The minimum absolute atomic E-state index is 0.162. The van der Waals surface area contributed by atoms with Crippen molar-refractivity contribution in [3.8, 4) is 0 Å².